The molecule has 1 aliphatic carbocycles. The lowest BCUT2D eigenvalue weighted by molar-refractivity contribution is 0.680. The molecular formula is C9H6N4. The average molecular weight is 170 g/mol. The van der Waals surface area contributed by atoms with Crippen LogP contribution in [0.2, 0.25) is 0 Å². The van der Waals surface area contributed by atoms with Crippen molar-refractivity contribution in [2.24, 2.45) is 16.7 Å². The van der Waals surface area contributed by atoms with Gasteiger partial charge in [0.25, 0.3) is 0 Å². The Balaban J connectivity index is 3.25. The molecule has 13 heavy (non-hydrogen) atoms. The van der Waals surface area contributed by atoms with E-state index in [1.807, 2.05) is 0 Å². The Morgan fingerprint density at radius 3 is 1.31 bits per heavy atom. The maximum absolute atomic E-state index is 8.78. The molecule has 1 aliphatic rings. The maximum atomic E-state index is 8.78. The third-order valence-electron chi connectivity index (χ3n) is 2.70. The molecule has 4 heteroatoms. The lowest BCUT2D eigenvalue weighted by Crippen LogP contribution is -2.05. The van der Waals surface area contributed by atoms with Crippen molar-refractivity contribution in [3.63, 3.8) is 0 Å². The molecule has 0 heterocycles. The van der Waals surface area contributed by atoms with E-state index in [0.29, 0.717) is 6.42 Å². The molecule has 0 N–H and O–H groups in total. The van der Waals surface area contributed by atoms with Crippen LogP contribution >= 0.6 is 0 Å². The summed E-state index contributed by atoms with van der Waals surface area (Å²) in [6.45, 7) is 1.77. The lowest BCUT2D eigenvalue weighted by Gasteiger charge is -1.92. The summed E-state index contributed by atoms with van der Waals surface area (Å²) in [5.41, 5.74) is -2.80. The SMILES string of the molecule is CCC1C(C#N)(C#N)C1(C#N)C#N. The molecule has 0 bridgehead atoms. The molecule has 4 nitrogen and oxygen atoms in total. The van der Waals surface area contributed by atoms with Crippen molar-refractivity contribution >= 4 is 0 Å². The lowest BCUT2D eigenvalue weighted by atomic mass is 9.98. The highest BCUT2D eigenvalue weighted by molar-refractivity contribution is 5.50. The fourth-order valence-corrected chi connectivity index (χ4v) is 1.88. The second kappa shape index (κ2) is 2.48. The van der Waals surface area contributed by atoms with Crippen LogP contribution in [0.15, 0.2) is 0 Å². The molecule has 0 aliphatic heterocycles. The fourth-order valence-electron chi connectivity index (χ4n) is 1.88. The van der Waals surface area contributed by atoms with Gasteiger partial charge in [0.1, 0.15) is 0 Å². The summed E-state index contributed by atoms with van der Waals surface area (Å²) in [6, 6.07) is 7.16. The first-order chi connectivity index (χ1) is 6.19. The third kappa shape index (κ3) is 0.658. The minimum Gasteiger partial charge on any atom is -0.196 e. The van der Waals surface area contributed by atoms with Crippen LogP contribution in [0.3, 0.4) is 0 Å². The van der Waals surface area contributed by atoms with Gasteiger partial charge in [-0.25, -0.2) is 0 Å². The molecule has 0 aromatic carbocycles. The van der Waals surface area contributed by atoms with E-state index in [-0.39, 0.29) is 0 Å². The normalized spacial score (nSPS) is 21.6. The Hall–Kier alpha value is -2.04. The van der Waals surface area contributed by atoms with Crippen LogP contribution in [-0.4, -0.2) is 0 Å². The minimum atomic E-state index is -1.40. The van der Waals surface area contributed by atoms with E-state index in [2.05, 4.69) is 0 Å². The molecule has 0 unspecified atom stereocenters. The van der Waals surface area contributed by atoms with Crippen LogP contribution in [0.1, 0.15) is 13.3 Å². The number of hydrogen-bond donors (Lipinski definition) is 0. The van der Waals surface area contributed by atoms with E-state index in [9.17, 15) is 0 Å². The summed E-state index contributed by atoms with van der Waals surface area (Å²) < 4.78 is 0. The Morgan fingerprint density at radius 2 is 1.23 bits per heavy atom. The Labute approximate surface area is 76.2 Å². The molecule has 1 saturated carbocycles. The van der Waals surface area contributed by atoms with Gasteiger partial charge in [0.05, 0.1) is 24.3 Å². The molecule has 1 fully saturated rings. The maximum Gasteiger partial charge on any atom is 0.181 e. The topological polar surface area (TPSA) is 95.2 Å². The van der Waals surface area contributed by atoms with E-state index in [0.717, 1.165) is 0 Å². The second-order valence-electron chi connectivity index (χ2n) is 3.02. The van der Waals surface area contributed by atoms with Gasteiger partial charge in [-0.2, -0.15) is 21.0 Å². The minimum absolute atomic E-state index is 0.426. The van der Waals surface area contributed by atoms with Gasteiger partial charge >= 0.3 is 0 Å². The monoisotopic (exact) mass is 170 g/mol. The van der Waals surface area contributed by atoms with E-state index >= 15 is 0 Å². The van der Waals surface area contributed by atoms with Gasteiger partial charge in [0.15, 0.2) is 10.8 Å². The van der Waals surface area contributed by atoms with Gasteiger partial charge in [-0.3, -0.25) is 0 Å². The summed E-state index contributed by atoms with van der Waals surface area (Å²) in [5, 5.41) is 35.1. The number of nitrogens with zero attached hydrogens (tertiary/aromatic N) is 4. The molecule has 0 aromatic rings. The van der Waals surface area contributed by atoms with Crippen molar-refractivity contribution in [1.82, 2.24) is 0 Å². The van der Waals surface area contributed by atoms with Crippen molar-refractivity contribution in [2.75, 3.05) is 0 Å². The highest BCUT2D eigenvalue weighted by Gasteiger charge is 2.80. The van der Waals surface area contributed by atoms with Crippen molar-refractivity contribution in [2.45, 2.75) is 13.3 Å². The van der Waals surface area contributed by atoms with Crippen molar-refractivity contribution < 1.29 is 0 Å². The van der Waals surface area contributed by atoms with Crippen LogP contribution in [0.25, 0.3) is 0 Å². The summed E-state index contributed by atoms with van der Waals surface area (Å²) in [7, 11) is 0. The molecule has 62 valence electrons. The Morgan fingerprint density at radius 1 is 0.923 bits per heavy atom. The Bertz CT molecular complexity index is 329. The Kier molecular flexibility index (Phi) is 1.73. The zero-order valence-corrected chi connectivity index (χ0v) is 7.07. The second-order valence-corrected chi connectivity index (χ2v) is 3.02. The van der Waals surface area contributed by atoms with Gasteiger partial charge < -0.3 is 0 Å². The first-order valence-corrected chi connectivity index (χ1v) is 3.84. The fraction of sp³-hybridized carbons (Fsp3) is 0.556. The quantitative estimate of drug-likeness (QED) is 0.588. The number of hydrogen-bond acceptors (Lipinski definition) is 4. The molecule has 0 amide bonds. The van der Waals surface area contributed by atoms with Gasteiger partial charge in [-0.1, -0.05) is 6.92 Å². The van der Waals surface area contributed by atoms with Gasteiger partial charge in [-0.05, 0) is 6.42 Å². The first kappa shape index (κ1) is 9.05. The number of nitriles is 4. The van der Waals surface area contributed by atoms with Gasteiger partial charge in [-0.15, -0.1) is 0 Å². The molecule has 0 aromatic heterocycles. The van der Waals surface area contributed by atoms with Crippen LogP contribution in [0, 0.1) is 62.1 Å². The molecule has 0 spiro atoms. The van der Waals surface area contributed by atoms with Gasteiger partial charge in [0, 0.05) is 5.92 Å². The van der Waals surface area contributed by atoms with E-state index in [1.54, 1.807) is 31.2 Å². The molecule has 1 rings (SSSR count). The van der Waals surface area contributed by atoms with Crippen LogP contribution in [-0.2, 0) is 0 Å². The molecular weight excluding hydrogens is 164 g/mol. The van der Waals surface area contributed by atoms with E-state index in [1.165, 1.54) is 0 Å². The smallest absolute Gasteiger partial charge is 0.181 e. The molecule has 0 atom stereocenters. The summed E-state index contributed by atoms with van der Waals surface area (Å²) in [4.78, 5) is 0. The first-order valence-electron chi connectivity index (χ1n) is 3.84. The van der Waals surface area contributed by atoms with Gasteiger partial charge in [0.2, 0.25) is 0 Å². The standard InChI is InChI=1S/C9H6N4/c1-2-7-8(3-10,4-11)9(7,5-12)6-13/h7H,2H2,1H3. The van der Waals surface area contributed by atoms with Crippen LogP contribution in [0.5, 0.6) is 0 Å². The highest BCUT2D eigenvalue weighted by Crippen LogP contribution is 2.69. The predicted octanol–water partition coefficient (Wildman–Crippen LogP) is 1.09. The van der Waals surface area contributed by atoms with Crippen molar-refractivity contribution in [3.05, 3.63) is 0 Å². The highest BCUT2D eigenvalue weighted by atomic mass is 14.8. The predicted molar refractivity (Wildman–Crippen MR) is 41.1 cm³/mol. The zero-order valence-electron chi connectivity index (χ0n) is 7.07. The van der Waals surface area contributed by atoms with Crippen LogP contribution < -0.4 is 0 Å². The van der Waals surface area contributed by atoms with E-state index in [4.69, 9.17) is 21.0 Å². The van der Waals surface area contributed by atoms with E-state index < -0.39 is 16.7 Å². The van der Waals surface area contributed by atoms with Crippen LogP contribution in [0.4, 0.5) is 0 Å². The summed E-state index contributed by atoms with van der Waals surface area (Å²) in [5.74, 6) is -0.426. The summed E-state index contributed by atoms with van der Waals surface area (Å²) >= 11 is 0. The molecule has 0 radical (unpaired) electrons. The van der Waals surface area contributed by atoms with Crippen molar-refractivity contribution in [3.8, 4) is 24.3 Å². The number of rotatable bonds is 1. The van der Waals surface area contributed by atoms with Crippen molar-refractivity contribution in [1.29, 1.82) is 21.0 Å². The summed E-state index contributed by atoms with van der Waals surface area (Å²) in [6.07, 6.45) is 0.502. The average Bonchev–Trinajstić information content (AvgIpc) is 2.79. The third-order valence-corrected chi connectivity index (χ3v) is 2.70. The zero-order chi connectivity index (χ0) is 10.1. The molecule has 0 saturated heterocycles. The largest absolute Gasteiger partial charge is 0.196 e.